The molecule has 0 radical (unpaired) electrons. The van der Waals surface area contributed by atoms with Crippen LogP contribution < -0.4 is 4.74 Å². The Hall–Kier alpha value is -3.44. The minimum atomic E-state index is -0.926. The Balaban J connectivity index is 1.50. The summed E-state index contributed by atoms with van der Waals surface area (Å²) in [4.78, 5) is 16.6. The smallest absolute Gasteiger partial charge is 0.335 e. The third-order valence-corrected chi connectivity index (χ3v) is 5.81. The molecule has 0 saturated heterocycles. The largest absolute Gasteiger partial charge is 0.494 e. The van der Waals surface area contributed by atoms with Crippen molar-refractivity contribution in [1.29, 1.82) is 0 Å². The van der Waals surface area contributed by atoms with E-state index in [1.54, 1.807) is 35.6 Å². The molecule has 0 unspecified atom stereocenters. The monoisotopic (exact) mass is 415 g/mol. The molecule has 0 aliphatic rings. The highest BCUT2D eigenvalue weighted by atomic mass is 32.1. The average molecular weight is 416 g/mol. The zero-order chi connectivity index (χ0) is 20.9. The summed E-state index contributed by atoms with van der Waals surface area (Å²) in [6.07, 6.45) is 2.86. The molecule has 0 aliphatic carbocycles. The minimum Gasteiger partial charge on any atom is -0.494 e. The molecule has 4 nitrogen and oxygen atoms in total. The zero-order valence-corrected chi connectivity index (χ0v) is 17.4. The van der Waals surface area contributed by atoms with E-state index in [0.29, 0.717) is 0 Å². The lowest BCUT2D eigenvalue weighted by Gasteiger charge is -2.07. The standard InChI is InChI=1S/C25H21NO3S/c1-2-15-29-22-13-11-18(12-14-22)17-3-5-19(6-4-17)23-16-26-24(30-23)20-7-9-21(10-8-20)25(27)28/h3-14,16H,2,15H2,1H3,(H,27,28). The number of carboxylic acids is 1. The number of aromatic nitrogens is 1. The number of benzene rings is 3. The molecule has 0 spiro atoms. The third kappa shape index (κ3) is 4.42. The van der Waals surface area contributed by atoms with Crippen molar-refractivity contribution in [3.8, 4) is 37.9 Å². The third-order valence-electron chi connectivity index (χ3n) is 4.71. The van der Waals surface area contributed by atoms with Crippen LogP contribution in [0.4, 0.5) is 0 Å². The fraction of sp³-hybridized carbons (Fsp3) is 0.120. The van der Waals surface area contributed by atoms with Crippen LogP contribution in [0.5, 0.6) is 5.75 Å². The lowest BCUT2D eigenvalue weighted by atomic mass is 10.0. The summed E-state index contributed by atoms with van der Waals surface area (Å²) in [5.41, 5.74) is 4.59. The summed E-state index contributed by atoms with van der Waals surface area (Å²) < 4.78 is 5.65. The van der Waals surface area contributed by atoms with Crippen molar-refractivity contribution < 1.29 is 14.6 Å². The van der Waals surface area contributed by atoms with Crippen LogP contribution in [0.2, 0.25) is 0 Å². The van der Waals surface area contributed by atoms with Gasteiger partial charge in [-0.2, -0.15) is 0 Å². The van der Waals surface area contributed by atoms with Crippen molar-refractivity contribution in [3.63, 3.8) is 0 Å². The van der Waals surface area contributed by atoms with Gasteiger partial charge in [0.05, 0.1) is 17.0 Å². The second-order valence-corrected chi connectivity index (χ2v) is 7.89. The molecule has 1 aromatic heterocycles. The molecule has 0 saturated carbocycles. The van der Waals surface area contributed by atoms with E-state index in [4.69, 9.17) is 9.84 Å². The Labute approximate surface area is 179 Å². The Morgan fingerprint density at radius 3 is 2.03 bits per heavy atom. The molecular formula is C25H21NO3S. The average Bonchev–Trinajstić information content (AvgIpc) is 3.28. The molecule has 30 heavy (non-hydrogen) atoms. The van der Waals surface area contributed by atoms with E-state index >= 15 is 0 Å². The first-order chi connectivity index (χ1) is 14.6. The summed E-state index contributed by atoms with van der Waals surface area (Å²) in [5, 5.41) is 9.90. The molecule has 4 rings (SSSR count). The molecule has 0 amide bonds. The van der Waals surface area contributed by atoms with Gasteiger partial charge in [-0.1, -0.05) is 55.5 Å². The van der Waals surface area contributed by atoms with Gasteiger partial charge in [0, 0.05) is 11.8 Å². The fourth-order valence-corrected chi connectivity index (χ4v) is 4.01. The van der Waals surface area contributed by atoms with Crippen molar-refractivity contribution in [2.24, 2.45) is 0 Å². The van der Waals surface area contributed by atoms with Crippen molar-refractivity contribution in [2.75, 3.05) is 6.61 Å². The van der Waals surface area contributed by atoms with Gasteiger partial charge in [0.1, 0.15) is 10.8 Å². The first-order valence-corrected chi connectivity index (χ1v) is 10.6. The van der Waals surface area contributed by atoms with Crippen LogP contribution in [0.3, 0.4) is 0 Å². The minimum absolute atomic E-state index is 0.274. The highest BCUT2D eigenvalue weighted by molar-refractivity contribution is 7.18. The first-order valence-electron chi connectivity index (χ1n) is 9.77. The quantitative estimate of drug-likeness (QED) is 0.368. The fourth-order valence-electron chi connectivity index (χ4n) is 3.09. The number of carboxylic acid groups (broad SMARTS) is 1. The van der Waals surface area contributed by atoms with E-state index in [-0.39, 0.29) is 5.56 Å². The van der Waals surface area contributed by atoms with E-state index in [1.165, 1.54) is 0 Å². The van der Waals surface area contributed by atoms with E-state index in [9.17, 15) is 4.79 Å². The number of rotatable bonds is 7. The molecule has 4 aromatic rings. The molecule has 150 valence electrons. The molecule has 0 bridgehead atoms. The van der Waals surface area contributed by atoms with Crippen LogP contribution in [-0.2, 0) is 0 Å². The van der Waals surface area contributed by atoms with Crippen LogP contribution in [0.25, 0.3) is 32.1 Å². The molecule has 5 heteroatoms. The van der Waals surface area contributed by atoms with Crippen molar-refractivity contribution in [3.05, 3.63) is 84.6 Å². The predicted octanol–water partition coefficient (Wildman–Crippen LogP) is 6.63. The van der Waals surface area contributed by atoms with Gasteiger partial charge in [-0.15, -0.1) is 11.3 Å². The summed E-state index contributed by atoms with van der Waals surface area (Å²) >= 11 is 1.59. The normalized spacial score (nSPS) is 10.7. The lowest BCUT2D eigenvalue weighted by Crippen LogP contribution is -1.94. The van der Waals surface area contributed by atoms with Crippen molar-refractivity contribution in [2.45, 2.75) is 13.3 Å². The number of aromatic carboxylic acids is 1. The second-order valence-electron chi connectivity index (χ2n) is 6.86. The number of hydrogen-bond donors (Lipinski definition) is 1. The molecule has 0 atom stereocenters. The van der Waals surface area contributed by atoms with Gasteiger partial charge in [0.15, 0.2) is 0 Å². The Morgan fingerprint density at radius 2 is 1.43 bits per heavy atom. The van der Waals surface area contributed by atoms with Gasteiger partial charge < -0.3 is 9.84 Å². The Kier molecular flexibility index (Phi) is 5.91. The van der Waals surface area contributed by atoms with Crippen LogP contribution in [0.15, 0.2) is 79.0 Å². The van der Waals surface area contributed by atoms with Gasteiger partial charge in [0.2, 0.25) is 0 Å². The zero-order valence-electron chi connectivity index (χ0n) is 16.5. The van der Waals surface area contributed by atoms with Crippen molar-refractivity contribution in [1.82, 2.24) is 4.98 Å². The predicted molar refractivity (Wildman–Crippen MR) is 121 cm³/mol. The van der Waals surface area contributed by atoms with Gasteiger partial charge in [-0.05, 0) is 47.4 Å². The maximum absolute atomic E-state index is 11.0. The van der Waals surface area contributed by atoms with E-state index in [2.05, 4.69) is 48.3 Å². The van der Waals surface area contributed by atoms with Gasteiger partial charge >= 0.3 is 5.97 Å². The number of hydrogen-bond acceptors (Lipinski definition) is 4. The summed E-state index contributed by atoms with van der Waals surface area (Å²) in [5.74, 6) is -0.0320. The van der Waals surface area contributed by atoms with Gasteiger partial charge in [0.25, 0.3) is 0 Å². The maximum atomic E-state index is 11.0. The Bertz CT molecular complexity index is 1130. The maximum Gasteiger partial charge on any atom is 0.335 e. The van der Waals surface area contributed by atoms with Crippen LogP contribution >= 0.6 is 11.3 Å². The van der Waals surface area contributed by atoms with Gasteiger partial charge in [-0.25, -0.2) is 9.78 Å². The summed E-state index contributed by atoms with van der Waals surface area (Å²) in [6.45, 7) is 2.83. The summed E-state index contributed by atoms with van der Waals surface area (Å²) in [6, 6.07) is 23.4. The molecule has 3 aromatic carbocycles. The lowest BCUT2D eigenvalue weighted by molar-refractivity contribution is 0.0697. The number of nitrogens with zero attached hydrogens (tertiary/aromatic N) is 1. The van der Waals surface area contributed by atoms with E-state index < -0.39 is 5.97 Å². The number of carbonyl (C=O) groups is 1. The molecule has 1 heterocycles. The summed E-state index contributed by atoms with van der Waals surface area (Å²) in [7, 11) is 0. The first kappa shape index (κ1) is 19.9. The van der Waals surface area contributed by atoms with E-state index in [0.717, 1.165) is 50.9 Å². The van der Waals surface area contributed by atoms with Crippen LogP contribution in [-0.4, -0.2) is 22.7 Å². The van der Waals surface area contributed by atoms with Crippen LogP contribution in [0.1, 0.15) is 23.7 Å². The Morgan fingerprint density at radius 1 is 0.867 bits per heavy atom. The highest BCUT2D eigenvalue weighted by Crippen LogP contribution is 2.33. The molecule has 0 aliphatic heterocycles. The van der Waals surface area contributed by atoms with E-state index in [1.807, 2.05) is 18.3 Å². The molecule has 1 N–H and O–H groups in total. The van der Waals surface area contributed by atoms with Crippen LogP contribution in [0, 0.1) is 0 Å². The number of ether oxygens (including phenoxy) is 1. The second kappa shape index (κ2) is 8.93. The molecular weight excluding hydrogens is 394 g/mol. The number of thiazole rings is 1. The molecule has 0 fully saturated rings. The van der Waals surface area contributed by atoms with Gasteiger partial charge in [-0.3, -0.25) is 0 Å². The topological polar surface area (TPSA) is 59.4 Å². The van der Waals surface area contributed by atoms with Crippen molar-refractivity contribution >= 4 is 17.3 Å². The highest BCUT2D eigenvalue weighted by Gasteiger charge is 2.09. The SMILES string of the molecule is CCCOc1ccc(-c2ccc(-c3cnc(-c4ccc(C(=O)O)cc4)s3)cc2)cc1.